The second kappa shape index (κ2) is 14.0. The molecule has 1 amide bonds. The van der Waals surface area contributed by atoms with Crippen LogP contribution in [0.2, 0.25) is 0 Å². The topological polar surface area (TPSA) is 85.4 Å². The number of amides is 1. The van der Waals surface area contributed by atoms with Crippen LogP contribution in [0.1, 0.15) is 49.6 Å². The molecule has 8 nitrogen and oxygen atoms in total. The van der Waals surface area contributed by atoms with Gasteiger partial charge in [0.05, 0.1) is 38.3 Å². The lowest BCUT2D eigenvalue weighted by molar-refractivity contribution is -0.132. The third-order valence-electron chi connectivity index (χ3n) is 7.50. The Kier molecular flexibility index (Phi) is 10.7. The van der Waals surface area contributed by atoms with Gasteiger partial charge in [-0.3, -0.25) is 4.79 Å². The lowest BCUT2D eigenvalue weighted by Gasteiger charge is -2.29. The van der Waals surface area contributed by atoms with Crippen LogP contribution in [-0.4, -0.2) is 70.1 Å². The summed E-state index contributed by atoms with van der Waals surface area (Å²) in [6, 6.07) is 16.6. The van der Waals surface area contributed by atoms with Crippen molar-refractivity contribution in [2.45, 2.75) is 63.0 Å². The van der Waals surface area contributed by atoms with Crippen molar-refractivity contribution < 1.29 is 27.4 Å². The number of nitrogens with zero attached hydrogens (tertiary/aromatic N) is 2. The number of hydrogen-bond donors (Lipinski definition) is 0. The van der Waals surface area contributed by atoms with E-state index in [9.17, 15) is 13.2 Å². The highest BCUT2D eigenvalue weighted by Crippen LogP contribution is 2.29. The largest absolute Gasteiger partial charge is 0.493 e. The number of ether oxygens (including phenoxy) is 3. The van der Waals surface area contributed by atoms with Crippen molar-refractivity contribution in [3.8, 4) is 11.5 Å². The summed E-state index contributed by atoms with van der Waals surface area (Å²) in [5.74, 6) is 1.01. The highest BCUT2D eigenvalue weighted by Gasteiger charge is 2.32. The van der Waals surface area contributed by atoms with E-state index >= 15 is 0 Å². The fourth-order valence-corrected chi connectivity index (χ4v) is 7.11. The lowest BCUT2D eigenvalue weighted by Crippen LogP contribution is -2.45. The Balaban J connectivity index is 1.57. The Hall–Kier alpha value is -2.92. The quantitative estimate of drug-likeness (QED) is 0.253. The van der Waals surface area contributed by atoms with Gasteiger partial charge < -0.3 is 19.1 Å². The molecule has 2 aromatic carbocycles. The van der Waals surface area contributed by atoms with Crippen LogP contribution in [0.5, 0.6) is 11.5 Å². The number of carbonyl (C=O) groups is 1. The number of methoxy groups -OCH3 is 2. The molecule has 1 saturated heterocycles. The molecular formula is C32H42N2O6S2. The second-order valence-corrected chi connectivity index (χ2v) is 14.5. The van der Waals surface area contributed by atoms with E-state index in [2.05, 4.69) is 20.8 Å². The van der Waals surface area contributed by atoms with Gasteiger partial charge in [-0.25, -0.2) is 8.42 Å². The zero-order chi connectivity index (χ0) is 30.3. The van der Waals surface area contributed by atoms with Gasteiger partial charge in [0, 0.05) is 24.6 Å². The minimum absolute atomic E-state index is 0.105. The third kappa shape index (κ3) is 8.12. The van der Waals surface area contributed by atoms with Crippen molar-refractivity contribution in [1.82, 2.24) is 9.21 Å². The molecule has 2 heterocycles. The van der Waals surface area contributed by atoms with Crippen LogP contribution >= 0.6 is 11.3 Å². The number of sulfonamides is 1. The van der Waals surface area contributed by atoms with Gasteiger partial charge in [0.25, 0.3) is 0 Å². The van der Waals surface area contributed by atoms with Crippen molar-refractivity contribution in [3.05, 3.63) is 76.0 Å². The summed E-state index contributed by atoms with van der Waals surface area (Å²) in [6.45, 7) is 7.55. The molecule has 0 N–H and O–H groups in total. The molecule has 1 atom stereocenters. The van der Waals surface area contributed by atoms with Crippen LogP contribution in [0.15, 0.2) is 64.9 Å². The Morgan fingerprint density at radius 3 is 2.38 bits per heavy atom. The molecule has 1 fully saturated rings. The number of thiophene rings is 1. The average molecular weight is 615 g/mol. The fourth-order valence-electron chi connectivity index (χ4n) is 4.97. The van der Waals surface area contributed by atoms with Crippen LogP contribution in [0.25, 0.3) is 0 Å². The number of hydrogen-bond acceptors (Lipinski definition) is 7. The van der Waals surface area contributed by atoms with Crippen molar-refractivity contribution >= 4 is 27.3 Å². The summed E-state index contributed by atoms with van der Waals surface area (Å²) in [7, 11) is -0.764. The minimum Gasteiger partial charge on any atom is -0.493 e. The fraction of sp³-hybridized carbons (Fsp3) is 0.469. The number of carbonyl (C=O) groups excluding carboxylic acids is 1. The maximum atomic E-state index is 13.9. The SMILES string of the molecule is COc1ccc(CCN(Cc2cccs2)C(=O)CN(CC2CCCO2)S(=O)(=O)c2ccc(C(C)(C)C)cc2)cc1OC. The molecule has 1 aromatic heterocycles. The first-order valence-corrected chi connectivity index (χ1v) is 16.6. The second-order valence-electron chi connectivity index (χ2n) is 11.5. The first-order chi connectivity index (χ1) is 20.0. The molecule has 228 valence electrons. The summed E-state index contributed by atoms with van der Waals surface area (Å²) in [5.41, 5.74) is 1.92. The van der Waals surface area contributed by atoms with Gasteiger partial charge >= 0.3 is 0 Å². The van der Waals surface area contributed by atoms with E-state index in [4.69, 9.17) is 14.2 Å². The molecule has 1 aliphatic heterocycles. The van der Waals surface area contributed by atoms with Gasteiger partial charge in [0.15, 0.2) is 11.5 Å². The summed E-state index contributed by atoms with van der Waals surface area (Å²) in [4.78, 5) is 16.8. The number of benzene rings is 2. The van der Waals surface area contributed by atoms with Gasteiger partial charge in [-0.15, -0.1) is 11.3 Å². The van der Waals surface area contributed by atoms with Crippen LogP contribution in [-0.2, 0) is 37.9 Å². The van der Waals surface area contributed by atoms with Crippen LogP contribution in [0.3, 0.4) is 0 Å². The Morgan fingerprint density at radius 1 is 1.05 bits per heavy atom. The molecule has 4 rings (SSSR count). The molecule has 0 saturated carbocycles. The maximum Gasteiger partial charge on any atom is 0.243 e. The lowest BCUT2D eigenvalue weighted by atomic mass is 9.87. The van der Waals surface area contributed by atoms with E-state index in [1.165, 1.54) is 4.31 Å². The molecule has 1 aliphatic rings. The molecule has 10 heteroatoms. The normalized spacial score (nSPS) is 15.6. The highest BCUT2D eigenvalue weighted by atomic mass is 32.2. The van der Waals surface area contributed by atoms with Crippen LogP contribution in [0, 0.1) is 0 Å². The predicted molar refractivity (Wildman–Crippen MR) is 166 cm³/mol. The first-order valence-electron chi connectivity index (χ1n) is 14.2. The van der Waals surface area contributed by atoms with Gasteiger partial charge in [0.1, 0.15) is 0 Å². The van der Waals surface area contributed by atoms with Gasteiger partial charge in [-0.2, -0.15) is 4.31 Å². The van der Waals surface area contributed by atoms with E-state index in [1.54, 1.807) is 42.6 Å². The molecule has 1 unspecified atom stereocenters. The molecular weight excluding hydrogens is 572 g/mol. The van der Waals surface area contributed by atoms with Gasteiger partial charge in [-0.1, -0.05) is 45.0 Å². The van der Waals surface area contributed by atoms with E-state index < -0.39 is 10.0 Å². The van der Waals surface area contributed by atoms with E-state index in [-0.39, 0.29) is 35.4 Å². The predicted octanol–water partition coefficient (Wildman–Crippen LogP) is 5.50. The smallest absolute Gasteiger partial charge is 0.243 e. The maximum absolute atomic E-state index is 13.9. The highest BCUT2D eigenvalue weighted by molar-refractivity contribution is 7.89. The summed E-state index contributed by atoms with van der Waals surface area (Å²) in [6.07, 6.45) is 1.98. The van der Waals surface area contributed by atoms with Crippen molar-refractivity contribution in [2.75, 3.05) is 40.5 Å². The standard InChI is InChI=1S/C32H42N2O6S2/c1-32(2,3)25-11-13-28(14-12-25)42(36,37)34(21-26-8-6-18-40-26)23-31(35)33(22-27-9-7-19-41-27)17-16-24-10-15-29(38-4)30(20-24)39-5/h7,9-15,19-20,26H,6,8,16-18,21-23H2,1-5H3. The van der Waals surface area contributed by atoms with E-state index in [0.29, 0.717) is 37.6 Å². The minimum atomic E-state index is -3.95. The van der Waals surface area contributed by atoms with Crippen molar-refractivity contribution in [1.29, 1.82) is 0 Å². The molecule has 0 aliphatic carbocycles. The summed E-state index contributed by atoms with van der Waals surface area (Å²) >= 11 is 1.57. The molecule has 3 aromatic rings. The van der Waals surface area contributed by atoms with Crippen LogP contribution < -0.4 is 9.47 Å². The Bertz CT molecular complexity index is 1410. The summed E-state index contributed by atoms with van der Waals surface area (Å²) < 4.78 is 45.8. The van der Waals surface area contributed by atoms with Crippen LogP contribution in [0.4, 0.5) is 0 Å². The zero-order valence-corrected chi connectivity index (χ0v) is 26.8. The summed E-state index contributed by atoms with van der Waals surface area (Å²) in [5, 5.41) is 1.97. The number of rotatable bonds is 13. The zero-order valence-electron chi connectivity index (χ0n) is 25.2. The van der Waals surface area contributed by atoms with E-state index in [1.807, 2.05) is 47.8 Å². The Labute approximate surface area is 254 Å². The van der Waals surface area contributed by atoms with Gasteiger partial charge in [-0.05, 0) is 71.5 Å². The van der Waals surface area contributed by atoms with Crippen molar-refractivity contribution in [2.24, 2.45) is 0 Å². The Morgan fingerprint density at radius 2 is 1.79 bits per heavy atom. The molecule has 0 bridgehead atoms. The monoisotopic (exact) mass is 614 g/mol. The molecule has 0 spiro atoms. The average Bonchev–Trinajstić information content (AvgIpc) is 3.69. The third-order valence-corrected chi connectivity index (χ3v) is 10.2. The molecule has 0 radical (unpaired) electrons. The van der Waals surface area contributed by atoms with Crippen molar-refractivity contribution in [3.63, 3.8) is 0 Å². The van der Waals surface area contributed by atoms with Gasteiger partial charge in [0.2, 0.25) is 15.9 Å². The van der Waals surface area contributed by atoms with E-state index in [0.717, 1.165) is 28.8 Å². The first kappa shape index (κ1) is 32.0. The molecule has 42 heavy (non-hydrogen) atoms.